The van der Waals surface area contributed by atoms with Gasteiger partial charge in [0.25, 0.3) is 17.2 Å². The summed E-state index contributed by atoms with van der Waals surface area (Å²) in [7, 11) is 0. The van der Waals surface area contributed by atoms with Gasteiger partial charge in [-0.05, 0) is 48.0 Å². The van der Waals surface area contributed by atoms with Gasteiger partial charge in [-0.3, -0.25) is 19.7 Å². The average molecular weight is 353 g/mol. The normalized spacial score (nSPS) is 10.3. The van der Waals surface area contributed by atoms with E-state index in [0.717, 1.165) is 0 Å². The van der Waals surface area contributed by atoms with Crippen LogP contribution in [0.4, 0.5) is 15.8 Å². The molecule has 0 fully saturated rings. The number of non-ortho nitro benzene ring substituents is 1. The molecule has 3 rings (SSSR count). The Balaban J connectivity index is 1.84. The van der Waals surface area contributed by atoms with Crippen LogP contribution in [0.5, 0.6) is 0 Å². The number of nitro benzene ring substituents is 1. The average Bonchev–Trinajstić information content (AvgIpc) is 2.62. The molecule has 0 atom stereocenters. The molecule has 3 aromatic rings. The lowest BCUT2D eigenvalue weighted by atomic mass is 10.1. The van der Waals surface area contributed by atoms with E-state index < -0.39 is 22.2 Å². The third kappa shape index (κ3) is 3.64. The molecule has 0 bridgehead atoms. The number of carbonyl (C=O) groups is 1. The molecular weight excluding hydrogens is 341 g/mol. The molecule has 0 aliphatic heterocycles. The Morgan fingerprint density at radius 2 is 1.81 bits per heavy atom. The number of H-pyrrole nitrogens is 1. The third-order valence-corrected chi connectivity index (χ3v) is 3.62. The first-order valence-corrected chi connectivity index (χ1v) is 7.49. The van der Waals surface area contributed by atoms with Crippen molar-refractivity contribution in [2.24, 2.45) is 0 Å². The number of halogens is 1. The van der Waals surface area contributed by atoms with Crippen LogP contribution in [0.2, 0.25) is 0 Å². The fourth-order valence-corrected chi connectivity index (χ4v) is 2.35. The zero-order valence-corrected chi connectivity index (χ0v) is 13.2. The van der Waals surface area contributed by atoms with Gasteiger partial charge in [-0.15, -0.1) is 0 Å². The molecule has 26 heavy (non-hydrogen) atoms. The SMILES string of the molecule is O=C(Nc1cccc([N+](=O)[O-])c1)c1ccc(-c2ccc(F)cc2)[nH]c1=O. The second-order valence-electron chi connectivity index (χ2n) is 5.38. The Hall–Kier alpha value is -3.81. The molecule has 1 amide bonds. The van der Waals surface area contributed by atoms with E-state index in [-0.39, 0.29) is 16.9 Å². The van der Waals surface area contributed by atoms with E-state index in [9.17, 15) is 24.1 Å². The molecule has 2 aromatic carbocycles. The van der Waals surface area contributed by atoms with E-state index in [1.165, 1.54) is 60.7 Å². The number of carbonyl (C=O) groups excluding carboxylic acids is 1. The second kappa shape index (κ2) is 6.98. The van der Waals surface area contributed by atoms with Crippen molar-refractivity contribution in [3.63, 3.8) is 0 Å². The highest BCUT2D eigenvalue weighted by molar-refractivity contribution is 6.04. The fraction of sp³-hybridized carbons (Fsp3) is 0. The number of rotatable bonds is 4. The minimum atomic E-state index is -0.697. The molecule has 7 nitrogen and oxygen atoms in total. The monoisotopic (exact) mass is 353 g/mol. The van der Waals surface area contributed by atoms with Gasteiger partial charge < -0.3 is 10.3 Å². The van der Waals surface area contributed by atoms with Crippen LogP contribution in [-0.2, 0) is 0 Å². The van der Waals surface area contributed by atoms with Crippen molar-refractivity contribution in [3.8, 4) is 11.3 Å². The Kier molecular flexibility index (Phi) is 4.57. The van der Waals surface area contributed by atoms with Crippen LogP contribution in [-0.4, -0.2) is 15.8 Å². The van der Waals surface area contributed by atoms with E-state index in [0.29, 0.717) is 11.3 Å². The zero-order valence-electron chi connectivity index (χ0n) is 13.2. The topological polar surface area (TPSA) is 105 Å². The highest BCUT2D eigenvalue weighted by Gasteiger charge is 2.13. The minimum absolute atomic E-state index is 0.151. The smallest absolute Gasteiger partial charge is 0.271 e. The number of nitro groups is 1. The van der Waals surface area contributed by atoms with Crippen molar-refractivity contribution in [2.45, 2.75) is 0 Å². The predicted octanol–water partition coefficient (Wildman–Crippen LogP) is 3.34. The standard InChI is InChI=1S/C18H12FN3O4/c19-12-6-4-11(5-7-12)16-9-8-15(18(24)21-16)17(23)20-13-2-1-3-14(10-13)22(25)26/h1-10H,(H,20,23)(H,21,24). The van der Waals surface area contributed by atoms with Gasteiger partial charge in [0.15, 0.2) is 0 Å². The lowest BCUT2D eigenvalue weighted by molar-refractivity contribution is -0.384. The van der Waals surface area contributed by atoms with Crippen molar-refractivity contribution in [1.29, 1.82) is 0 Å². The van der Waals surface area contributed by atoms with Gasteiger partial charge in [-0.2, -0.15) is 0 Å². The molecule has 0 saturated carbocycles. The number of amides is 1. The van der Waals surface area contributed by atoms with E-state index in [1.807, 2.05) is 0 Å². The van der Waals surface area contributed by atoms with Crippen LogP contribution in [0, 0.1) is 15.9 Å². The van der Waals surface area contributed by atoms with Gasteiger partial charge in [-0.1, -0.05) is 6.07 Å². The van der Waals surface area contributed by atoms with Gasteiger partial charge in [0.1, 0.15) is 11.4 Å². The van der Waals surface area contributed by atoms with Crippen molar-refractivity contribution in [1.82, 2.24) is 4.98 Å². The highest BCUT2D eigenvalue weighted by Crippen LogP contribution is 2.18. The summed E-state index contributed by atoms with van der Waals surface area (Å²) in [5.74, 6) is -1.10. The number of hydrogen-bond acceptors (Lipinski definition) is 4. The van der Waals surface area contributed by atoms with Crippen LogP contribution in [0.1, 0.15) is 10.4 Å². The summed E-state index contributed by atoms with van der Waals surface area (Å²) < 4.78 is 13.0. The predicted molar refractivity (Wildman–Crippen MR) is 93.5 cm³/mol. The lowest BCUT2D eigenvalue weighted by Crippen LogP contribution is -2.23. The molecule has 0 saturated heterocycles. The molecule has 0 aliphatic carbocycles. The third-order valence-electron chi connectivity index (χ3n) is 3.62. The minimum Gasteiger partial charge on any atom is -0.322 e. The maximum absolute atomic E-state index is 13.0. The Labute approximate surface area is 146 Å². The maximum Gasteiger partial charge on any atom is 0.271 e. The van der Waals surface area contributed by atoms with Crippen LogP contribution < -0.4 is 10.9 Å². The summed E-state index contributed by atoms with van der Waals surface area (Å²) in [6.07, 6.45) is 0. The highest BCUT2D eigenvalue weighted by atomic mass is 19.1. The van der Waals surface area contributed by atoms with Crippen LogP contribution in [0.25, 0.3) is 11.3 Å². The summed E-state index contributed by atoms with van der Waals surface area (Å²) >= 11 is 0. The number of anilines is 1. The quantitative estimate of drug-likeness (QED) is 0.554. The first-order valence-electron chi connectivity index (χ1n) is 7.49. The van der Waals surface area contributed by atoms with Crippen LogP contribution in [0.15, 0.2) is 65.5 Å². The molecule has 1 heterocycles. The fourth-order valence-electron chi connectivity index (χ4n) is 2.35. The van der Waals surface area contributed by atoms with Gasteiger partial charge in [0, 0.05) is 23.5 Å². The number of nitrogens with zero attached hydrogens (tertiary/aromatic N) is 1. The maximum atomic E-state index is 13.0. The van der Waals surface area contributed by atoms with Crippen molar-refractivity contribution in [2.75, 3.05) is 5.32 Å². The van der Waals surface area contributed by atoms with Crippen molar-refractivity contribution >= 4 is 17.3 Å². The van der Waals surface area contributed by atoms with E-state index in [2.05, 4.69) is 10.3 Å². The molecule has 130 valence electrons. The van der Waals surface area contributed by atoms with Crippen LogP contribution >= 0.6 is 0 Å². The molecule has 0 radical (unpaired) electrons. The summed E-state index contributed by atoms with van der Waals surface area (Å²) in [6, 6.07) is 13.8. The largest absolute Gasteiger partial charge is 0.322 e. The first-order chi connectivity index (χ1) is 12.4. The molecule has 0 spiro atoms. The summed E-state index contributed by atoms with van der Waals surface area (Å²) in [5.41, 5.74) is 0.266. The molecule has 0 unspecified atom stereocenters. The molecule has 1 aromatic heterocycles. The number of nitrogens with one attached hydrogen (secondary N) is 2. The second-order valence-corrected chi connectivity index (χ2v) is 5.38. The molecule has 0 aliphatic rings. The van der Waals surface area contributed by atoms with E-state index >= 15 is 0 Å². The number of aromatic amines is 1. The van der Waals surface area contributed by atoms with Gasteiger partial charge in [0.2, 0.25) is 0 Å². The number of hydrogen-bond donors (Lipinski definition) is 2. The first kappa shape index (κ1) is 17.0. The summed E-state index contributed by atoms with van der Waals surface area (Å²) in [4.78, 5) is 37.2. The molecular formula is C18H12FN3O4. The Morgan fingerprint density at radius 3 is 2.46 bits per heavy atom. The van der Waals surface area contributed by atoms with Crippen molar-refractivity contribution < 1.29 is 14.1 Å². The zero-order chi connectivity index (χ0) is 18.7. The number of aromatic nitrogens is 1. The van der Waals surface area contributed by atoms with Crippen LogP contribution in [0.3, 0.4) is 0 Å². The van der Waals surface area contributed by atoms with Crippen molar-refractivity contribution in [3.05, 3.63) is 92.5 Å². The molecule has 2 N–H and O–H groups in total. The molecule has 8 heteroatoms. The van der Waals surface area contributed by atoms with Gasteiger partial charge in [-0.25, -0.2) is 4.39 Å². The Morgan fingerprint density at radius 1 is 1.08 bits per heavy atom. The van der Waals surface area contributed by atoms with Gasteiger partial charge >= 0.3 is 0 Å². The van der Waals surface area contributed by atoms with Gasteiger partial charge in [0.05, 0.1) is 4.92 Å². The van der Waals surface area contributed by atoms with E-state index in [1.54, 1.807) is 0 Å². The summed E-state index contributed by atoms with van der Waals surface area (Å²) in [6.45, 7) is 0. The number of benzene rings is 2. The van der Waals surface area contributed by atoms with E-state index in [4.69, 9.17) is 0 Å². The summed E-state index contributed by atoms with van der Waals surface area (Å²) in [5, 5.41) is 13.2. The Bertz CT molecular complexity index is 1040. The lowest BCUT2D eigenvalue weighted by Gasteiger charge is -2.06. The number of pyridine rings is 1.